The lowest BCUT2D eigenvalue weighted by atomic mass is 10.0. The second-order valence-electron chi connectivity index (χ2n) is 21.6. The second-order valence-corrected chi connectivity index (χ2v) is 23.0. The average Bonchev–Trinajstić information content (AvgIpc) is 3.35. The summed E-state index contributed by atoms with van der Waals surface area (Å²) in [6, 6.07) is -0.909. The van der Waals surface area contributed by atoms with Crippen molar-refractivity contribution in [1.82, 2.24) is 5.32 Å². The fourth-order valence-electron chi connectivity index (χ4n) is 8.66. The molecule has 73 heavy (non-hydrogen) atoms. The summed E-state index contributed by atoms with van der Waals surface area (Å²) in [6.07, 6.45) is 77.3. The molecule has 2 N–H and O–H groups in total. The van der Waals surface area contributed by atoms with Crippen LogP contribution in [0.4, 0.5) is 0 Å². The maximum atomic E-state index is 12.9. The summed E-state index contributed by atoms with van der Waals surface area (Å²) >= 11 is 0. The summed E-state index contributed by atoms with van der Waals surface area (Å²) in [5.74, 6) is -0.212. The normalized spacial score (nSPS) is 14.5. The van der Waals surface area contributed by atoms with Gasteiger partial charge in [0.2, 0.25) is 5.91 Å². The highest BCUT2D eigenvalue weighted by atomic mass is 31.2. The molecule has 0 heterocycles. The Morgan fingerprint density at radius 2 is 0.808 bits per heavy atom. The summed E-state index contributed by atoms with van der Waals surface area (Å²) in [4.78, 5) is 25.4. The summed E-state index contributed by atoms with van der Waals surface area (Å²) in [7, 11) is 1.23. The maximum Gasteiger partial charge on any atom is 0.268 e. The van der Waals surface area contributed by atoms with Crippen molar-refractivity contribution in [3.63, 3.8) is 0 Å². The lowest BCUT2D eigenvalue weighted by Gasteiger charge is -2.29. The molecule has 3 unspecified atom stereocenters. The zero-order valence-electron chi connectivity index (χ0n) is 48.3. The van der Waals surface area contributed by atoms with Gasteiger partial charge in [-0.25, -0.2) is 0 Å². The largest absolute Gasteiger partial charge is 0.756 e. The Balaban J connectivity index is 3.80. The molecule has 0 aromatic heterocycles. The van der Waals surface area contributed by atoms with Crippen molar-refractivity contribution >= 4 is 13.7 Å². The van der Waals surface area contributed by atoms with Crippen LogP contribution in [-0.2, 0) is 18.4 Å². The summed E-state index contributed by atoms with van der Waals surface area (Å²) < 4.78 is 23.2. The standard InChI is InChI=1S/C64H117N2O6P/c1-6-8-10-12-14-16-18-19-20-21-22-23-24-25-26-27-28-29-30-31-32-33-34-35-36-37-38-39-40-41-42-43-44-45-46-47-48-50-52-54-56-58-64(68)65-62(61-72-73(69,70)71-60-59-66(3,4)5)63(67)57-55-53-51-49-17-15-13-11-9-7-2/h8-11,14,16-17,19-20,22-23,49,55,57,62-63,67H,6-7,12-13,15,18,21,24-48,50-54,56,58-61H2,1-5H3,(H-,65,68,69,70)/b10-8-,11-9+,16-14-,20-19-,23-22-,49-17+,57-55+. The summed E-state index contributed by atoms with van der Waals surface area (Å²) in [5.41, 5.74) is 0. The minimum absolute atomic E-state index is 0.0101. The highest BCUT2D eigenvalue weighted by molar-refractivity contribution is 7.45. The highest BCUT2D eigenvalue weighted by Crippen LogP contribution is 2.38. The molecule has 0 saturated carbocycles. The minimum Gasteiger partial charge on any atom is -0.756 e. The van der Waals surface area contributed by atoms with Gasteiger partial charge in [0.05, 0.1) is 39.9 Å². The van der Waals surface area contributed by atoms with E-state index in [1.54, 1.807) is 6.08 Å². The van der Waals surface area contributed by atoms with E-state index < -0.39 is 26.6 Å². The number of hydrogen-bond acceptors (Lipinski definition) is 6. The zero-order chi connectivity index (χ0) is 53.5. The van der Waals surface area contributed by atoms with Crippen LogP contribution in [-0.4, -0.2) is 68.5 Å². The molecular formula is C64H117N2O6P. The Morgan fingerprint density at radius 1 is 0.479 bits per heavy atom. The van der Waals surface area contributed by atoms with Crippen LogP contribution in [0.25, 0.3) is 0 Å². The number of likely N-dealkylation sites (N-methyl/N-ethyl adjacent to an activating group) is 1. The number of unbranched alkanes of at least 4 members (excludes halogenated alkanes) is 30. The number of nitrogens with one attached hydrogen (secondary N) is 1. The smallest absolute Gasteiger partial charge is 0.268 e. The SMILES string of the molecule is CC/C=C\C/C=C\C/C=C\C/C=C\CCCCCCCCCCCCCCCCCCCCCCCCCCCCCCC(=O)NC(COP(=O)([O-])OCC[N+](C)(C)C)C(O)/C=C/CC/C=C/CC/C=C/CC. The molecular weight excluding hydrogens is 924 g/mol. The molecule has 8 nitrogen and oxygen atoms in total. The van der Waals surface area contributed by atoms with Crippen LogP contribution in [0.15, 0.2) is 85.1 Å². The van der Waals surface area contributed by atoms with Crippen molar-refractivity contribution < 1.29 is 32.9 Å². The molecule has 1 amide bonds. The first-order chi connectivity index (χ1) is 35.5. The second kappa shape index (κ2) is 54.5. The number of allylic oxidation sites excluding steroid dienone is 13. The number of rotatable bonds is 55. The van der Waals surface area contributed by atoms with Gasteiger partial charge in [-0.15, -0.1) is 0 Å². The summed E-state index contributed by atoms with van der Waals surface area (Å²) in [5, 5.41) is 13.8. The van der Waals surface area contributed by atoms with Gasteiger partial charge < -0.3 is 28.8 Å². The molecule has 0 bridgehead atoms. The quantitative estimate of drug-likeness (QED) is 0.0272. The van der Waals surface area contributed by atoms with E-state index in [0.717, 1.165) is 77.0 Å². The van der Waals surface area contributed by atoms with Gasteiger partial charge in [-0.3, -0.25) is 9.36 Å². The number of carbonyl (C=O) groups is 1. The highest BCUT2D eigenvalue weighted by Gasteiger charge is 2.23. The molecule has 0 spiro atoms. The molecule has 0 aliphatic carbocycles. The average molecular weight is 1040 g/mol. The molecule has 0 fully saturated rings. The molecule has 0 aromatic rings. The van der Waals surface area contributed by atoms with Gasteiger partial charge >= 0.3 is 0 Å². The van der Waals surface area contributed by atoms with Crippen LogP contribution in [0.5, 0.6) is 0 Å². The number of aliphatic hydroxyl groups is 1. The molecule has 0 aliphatic rings. The van der Waals surface area contributed by atoms with Gasteiger partial charge in [0.1, 0.15) is 13.2 Å². The monoisotopic (exact) mass is 1040 g/mol. The Kier molecular flexibility index (Phi) is 52.7. The number of quaternary nitrogens is 1. The van der Waals surface area contributed by atoms with Crippen LogP contribution in [0, 0.1) is 0 Å². The van der Waals surface area contributed by atoms with Gasteiger partial charge in [0, 0.05) is 6.42 Å². The molecule has 0 radical (unpaired) electrons. The fraction of sp³-hybridized carbons (Fsp3) is 0.766. The van der Waals surface area contributed by atoms with E-state index in [0.29, 0.717) is 17.4 Å². The number of nitrogens with zero attached hydrogens (tertiary/aromatic N) is 1. The zero-order valence-corrected chi connectivity index (χ0v) is 49.2. The number of carbonyl (C=O) groups excluding carboxylic acids is 1. The van der Waals surface area contributed by atoms with Crippen LogP contribution in [0.2, 0.25) is 0 Å². The molecule has 9 heteroatoms. The Morgan fingerprint density at radius 3 is 1.22 bits per heavy atom. The van der Waals surface area contributed by atoms with Gasteiger partial charge in [-0.05, 0) is 77.0 Å². The number of amides is 1. The predicted molar refractivity (Wildman–Crippen MR) is 316 cm³/mol. The maximum absolute atomic E-state index is 12.9. The first kappa shape index (κ1) is 70.7. The van der Waals surface area contributed by atoms with Crippen LogP contribution >= 0.6 is 7.82 Å². The molecule has 424 valence electrons. The van der Waals surface area contributed by atoms with Gasteiger partial charge in [0.15, 0.2) is 0 Å². The lowest BCUT2D eigenvalue weighted by molar-refractivity contribution is -0.870. The van der Waals surface area contributed by atoms with E-state index in [1.165, 1.54) is 167 Å². The van der Waals surface area contributed by atoms with Crippen molar-refractivity contribution in [2.75, 3.05) is 40.9 Å². The number of phosphoric acid groups is 1. The lowest BCUT2D eigenvalue weighted by Crippen LogP contribution is -2.45. The molecule has 3 atom stereocenters. The van der Waals surface area contributed by atoms with Gasteiger partial charge in [-0.2, -0.15) is 0 Å². The molecule has 0 rings (SSSR count). The third-order valence-electron chi connectivity index (χ3n) is 13.3. The van der Waals surface area contributed by atoms with E-state index in [-0.39, 0.29) is 12.5 Å². The predicted octanol–water partition coefficient (Wildman–Crippen LogP) is 18.2. The minimum atomic E-state index is -4.60. The van der Waals surface area contributed by atoms with E-state index in [9.17, 15) is 19.4 Å². The van der Waals surface area contributed by atoms with Crippen molar-refractivity contribution in [2.24, 2.45) is 0 Å². The molecule has 0 saturated heterocycles. The number of aliphatic hydroxyl groups excluding tert-OH is 1. The molecule has 0 aliphatic heterocycles. The van der Waals surface area contributed by atoms with E-state index in [1.807, 2.05) is 27.2 Å². The third-order valence-corrected chi connectivity index (χ3v) is 14.3. The van der Waals surface area contributed by atoms with Crippen molar-refractivity contribution in [2.45, 2.75) is 276 Å². The topological polar surface area (TPSA) is 108 Å². The molecule has 0 aromatic carbocycles. The fourth-order valence-corrected chi connectivity index (χ4v) is 9.38. The van der Waals surface area contributed by atoms with Gasteiger partial charge in [-0.1, -0.05) is 266 Å². The van der Waals surface area contributed by atoms with Crippen LogP contribution in [0.1, 0.15) is 264 Å². The Bertz CT molecular complexity index is 1460. The number of hydrogen-bond donors (Lipinski definition) is 2. The van der Waals surface area contributed by atoms with Crippen molar-refractivity contribution in [3.8, 4) is 0 Å². The first-order valence-corrected chi connectivity index (χ1v) is 31.9. The van der Waals surface area contributed by atoms with Crippen LogP contribution in [0.3, 0.4) is 0 Å². The number of phosphoric ester groups is 1. The Hall–Kier alpha value is -2.32. The van der Waals surface area contributed by atoms with Crippen LogP contribution < -0.4 is 10.2 Å². The van der Waals surface area contributed by atoms with Crippen molar-refractivity contribution in [1.29, 1.82) is 0 Å². The summed E-state index contributed by atoms with van der Waals surface area (Å²) in [6.45, 7) is 4.38. The van der Waals surface area contributed by atoms with E-state index in [4.69, 9.17) is 9.05 Å². The van der Waals surface area contributed by atoms with E-state index in [2.05, 4.69) is 92.1 Å². The van der Waals surface area contributed by atoms with Gasteiger partial charge in [0.25, 0.3) is 7.82 Å². The Labute approximate surface area is 452 Å². The third kappa shape index (κ3) is 57.2. The van der Waals surface area contributed by atoms with E-state index >= 15 is 0 Å². The van der Waals surface area contributed by atoms with Crippen molar-refractivity contribution in [3.05, 3.63) is 85.1 Å². The first-order valence-electron chi connectivity index (χ1n) is 30.4.